The summed E-state index contributed by atoms with van der Waals surface area (Å²) in [6.07, 6.45) is 1.36. The van der Waals surface area contributed by atoms with Crippen molar-refractivity contribution in [2.45, 2.75) is 31.7 Å². The molecular formula is C15H17N3O3. The van der Waals surface area contributed by atoms with Crippen LogP contribution in [-0.2, 0) is 16.0 Å². The van der Waals surface area contributed by atoms with Gasteiger partial charge < -0.3 is 10.0 Å². The van der Waals surface area contributed by atoms with Crippen molar-refractivity contribution in [2.24, 2.45) is 0 Å². The summed E-state index contributed by atoms with van der Waals surface area (Å²) in [5.41, 5.74) is 0.449. The van der Waals surface area contributed by atoms with Crippen LogP contribution in [0.2, 0.25) is 0 Å². The number of aromatic amines is 1. The molecular weight excluding hydrogens is 270 g/mol. The summed E-state index contributed by atoms with van der Waals surface area (Å²) in [7, 11) is 0. The van der Waals surface area contributed by atoms with Gasteiger partial charge in [-0.05, 0) is 25.8 Å². The zero-order chi connectivity index (χ0) is 15.0. The molecule has 0 bridgehead atoms. The van der Waals surface area contributed by atoms with Crippen molar-refractivity contribution in [3.05, 3.63) is 30.0 Å². The Morgan fingerprint density at radius 1 is 1.43 bits per heavy atom. The van der Waals surface area contributed by atoms with E-state index in [4.69, 9.17) is 0 Å². The van der Waals surface area contributed by atoms with Crippen molar-refractivity contribution in [2.75, 3.05) is 6.54 Å². The van der Waals surface area contributed by atoms with Gasteiger partial charge in [0.05, 0.1) is 17.6 Å². The number of fused-ring (bicyclic) bond motifs is 1. The fraction of sp³-hybridized carbons (Fsp3) is 0.400. The molecule has 1 aromatic heterocycles. The number of para-hydroxylation sites is 1. The number of carbonyl (C=O) groups excluding carboxylic acids is 1. The van der Waals surface area contributed by atoms with Crippen molar-refractivity contribution < 1.29 is 14.7 Å². The number of nitrogens with zero attached hydrogens (tertiary/aromatic N) is 2. The second kappa shape index (κ2) is 4.87. The molecule has 2 heterocycles. The van der Waals surface area contributed by atoms with Gasteiger partial charge in [-0.25, -0.2) is 4.79 Å². The first-order chi connectivity index (χ1) is 10.0. The first kappa shape index (κ1) is 13.6. The van der Waals surface area contributed by atoms with Gasteiger partial charge in [0.2, 0.25) is 5.91 Å². The van der Waals surface area contributed by atoms with Crippen LogP contribution < -0.4 is 0 Å². The first-order valence-electron chi connectivity index (χ1n) is 6.98. The fourth-order valence-electron chi connectivity index (χ4n) is 2.98. The molecule has 6 heteroatoms. The van der Waals surface area contributed by atoms with Crippen molar-refractivity contribution in [3.8, 4) is 0 Å². The van der Waals surface area contributed by atoms with E-state index in [0.29, 0.717) is 13.0 Å². The molecule has 0 radical (unpaired) electrons. The lowest BCUT2D eigenvalue weighted by Gasteiger charge is -2.31. The van der Waals surface area contributed by atoms with E-state index in [1.54, 1.807) is 6.92 Å². The molecule has 1 aliphatic rings. The second-order valence-electron chi connectivity index (χ2n) is 5.62. The van der Waals surface area contributed by atoms with Gasteiger partial charge in [-0.1, -0.05) is 18.2 Å². The molecule has 1 fully saturated rings. The highest BCUT2D eigenvalue weighted by atomic mass is 16.4. The van der Waals surface area contributed by atoms with Gasteiger partial charge >= 0.3 is 5.97 Å². The third kappa shape index (κ3) is 2.16. The van der Waals surface area contributed by atoms with E-state index < -0.39 is 11.5 Å². The van der Waals surface area contributed by atoms with E-state index in [2.05, 4.69) is 10.2 Å². The number of aliphatic carboxylic acids is 1. The first-order valence-corrected chi connectivity index (χ1v) is 6.98. The van der Waals surface area contributed by atoms with Crippen LogP contribution in [0.15, 0.2) is 24.3 Å². The van der Waals surface area contributed by atoms with E-state index in [1.807, 2.05) is 24.3 Å². The maximum absolute atomic E-state index is 12.5. The summed E-state index contributed by atoms with van der Waals surface area (Å²) in [4.78, 5) is 25.4. The summed E-state index contributed by atoms with van der Waals surface area (Å²) in [5, 5.41) is 17.3. The molecule has 110 valence electrons. The lowest BCUT2D eigenvalue weighted by atomic mass is 9.99. The maximum Gasteiger partial charge on any atom is 0.329 e. The minimum atomic E-state index is -1.09. The topological polar surface area (TPSA) is 86.3 Å². The Kier molecular flexibility index (Phi) is 3.16. The predicted molar refractivity (Wildman–Crippen MR) is 76.8 cm³/mol. The molecule has 21 heavy (non-hydrogen) atoms. The smallest absolute Gasteiger partial charge is 0.329 e. The van der Waals surface area contributed by atoms with Gasteiger partial charge in [-0.3, -0.25) is 9.89 Å². The average Bonchev–Trinajstić information content (AvgIpc) is 3.04. The summed E-state index contributed by atoms with van der Waals surface area (Å²) in [5.74, 6) is -1.12. The number of hydrogen-bond acceptors (Lipinski definition) is 3. The summed E-state index contributed by atoms with van der Waals surface area (Å²) >= 11 is 0. The summed E-state index contributed by atoms with van der Waals surface area (Å²) in [6.45, 7) is 2.11. The Hall–Kier alpha value is -2.37. The van der Waals surface area contributed by atoms with Crippen LogP contribution >= 0.6 is 0 Å². The van der Waals surface area contributed by atoms with Crippen LogP contribution in [0, 0.1) is 0 Å². The molecule has 2 aromatic rings. The molecule has 0 aliphatic carbocycles. The largest absolute Gasteiger partial charge is 0.480 e. The van der Waals surface area contributed by atoms with E-state index in [1.165, 1.54) is 4.90 Å². The highest BCUT2D eigenvalue weighted by Crippen LogP contribution is 2.30. The fourth-order valence-corrected chi connectivity index (χ4v) is 2.98. The lowest BCUT2D eigenvalue weighted by molar-refractivity contribution is -0.155. The number of rotatable bonds is 3. The minimum absolute atomic E-state index is 0.142. The number of H-pyrrole nitrogens is 1. The van der Waals surface area contributed by atoms with E-state index >= 15 is 0 Å². The predicted octanol–water partition coefficient (Wildman–Crippen LogP) is 1.57. The zero-order valence-electron chi connectivity index (χ0n) is 11.8. The molecule has 3 rings (SSSR count). The maximum atomic E-state index is 12.5. The van der Waals surface area contributed by atoms with E-state index in [-0.39, 0.29) is 12.3 Å². The number of likely N-dealkylation sites (tertiary alicyclic amines) is 1. The Bertz CT molecular complexity index is 709. The van der Waals surface area contributed by atoms with Gasteiger partial charge in [0, 0.05) is 11.9 Å². The van der Waals surface area contributed by atoms with Gasteiger partial charge in [-0.15, -0.1) is 0 Å². The Morgan fingerprint density at radius 3 is 2.95 bits per heavy atom. The van der Waals surface area contributed by atoms with Gasteiger partial charge in [-0.2, -0.15) is 5.10 Å². The summed E-state index contributed by atoms with van der Waals surface area (Å²) in [6, 6.07) is 7.55. The zero-order valence-corrected chi connectivity index (χ0v) is 11.8. The minimum Gasteiger partial charge on any atom is -0.480 e. The molecule has 1 unspecified atom stereocenters. The standard InChI is InChI=1S/C15H17N3O3/c1-15(14(20)21)7-4-8-18(15)13(19)9-12-10-5-2-3-6-11(10)16-17-12/h2-3,5-6H,4,7-9H2,1H3,(H,16,17)(H,20,21). The molecule has 2 N–H and O–H groups in total. The van der Waals surface area contributed by atoms with Crippen LogP contribution in [0.3, 0.4) is 0 Å². The Morgan fingerprint density at radius 2 is 2.19 bits per heavy atom. The number of amides is 1. The Balaban J connectivity index is 1.85. The molecule has 6 nitrogen and oxygen atoms in total. The second-order valence-corrected chi connectivity index (χ2v) is 5.62. The molecule has 0 spiro atoms. The lowest BCUT2D eigenvalue weighted by Crippen LogP contribution is -2.51. The molecule has 0 saturated carbocycles. The van der Waals surface area contributed by atoms with E-state index in [9.17, 15) is 14.7 Å². The number of benzene rings is 1. The van der Waals surface area contributed by atoms with Gasteiger partial charge in [0.25, 0.3) is 0 Å². The number of nitrogens with one attached hydrogen (secondary N) is 1. The third-order valence-corrected chi connectivity index (χ3v) is 4.27. The molecule has 1 amide bonds. The molecule has 1 saturated heterocycles. The average molecular weight is 287 g/mol. The third-order valence-electron chi connectivity index (χ3n) is 4.27. The van der Waals surface area contributed by atoms with Crippen molar-refractivity contribution >= 4 is 22.8 Å². The number of carboxylic acid groups (broad SMARTS) is 1. The van der Waals surface area contributed by atoms with Crippen molar-refractivity contribution in [1.29, 1.82) is 0 Å². The van der Waals surface area contributed by atoms with Crippen molar-refractivity contribution in [1.82, 2.24) is 15.1 Å². The van der Waals surface area contributed by atoms with Crippen LogP contribution in [0.4, 0.5) is 0 Å². The highest BCUT2D eigenvalue weighted by Gasteiger charge is 2.45. The number of hydrogen-bond donors (Lipinski definition) is 2. The van der Waals surface area contributed by atoms with Crippen LogP contribution in [0.5, 0.6) is 0 Å². The highest BCUT2D eigenvalue weighted by molar-refractivity contribution is 5.91. The van der Waals surface area contributed by atoms with Crippen LogP contribution in [0.25, 0.3) is 10.9 Å². The summed E-state index contributed by atoms with van der Waals surface area (Å²) < 4.78 is 0. The number of carbonyl (C=O) groups is 2. The molecule has 1 aromatic carbocycles. The van der Waals surface area contributed by atoms with Crippen LogP contribution in [0.1, 0.15) is 25.5 Å². The molecule has 1 aliphatic heterocycles. The molecule has 1 atom stereocenters. The van der Waals surface area contributed by atoms with Crippen molar-refractivity contribution in [3.63, 3.8) is 0 Å². The Labute approximate surface area is 121 Å². The van der Waals surface area contributed by atoms with Crippen LogP contribution in [-0.4, -0.2) is 44.2 Å². The number of carboxylic acids is 1. The van der Waals surface area contributed by atoms with Gasteiger partial charge in [0.15, 0.2) is 0 Å². The quantitative estimate of drug-likeness (QED) is 0.897. The number of aromatic nitrogens is 2. The monoisotopic (exact) mass is 287 g/mol. The SMILES string of the molecule is CC1(C(=O)O)CCCN1C(=O)Cc1[nH]nc2ccccc12. The van der Waals surface area contributed by atoms with E-state index in [0.717, 1.165) is 23.0 Å². The van der Waals surface area contributed by atoms with Gasteiger partial charge in [0.1, 0.15) is 5.54 Å². The normalized spacial score (nSPS) is 21.9.